The molecule has 2 rings (SSSR count). The number of rotatable bonds is 4. The van der Waals surface area contributed by atoms with Crippen molar-refractivity contribution in [2.75, 3.05) is 25.9 Å². The van der Waals surface area contributed by atoms with Crippen LogP contribution in [0.25, 0.3) is 0 Å². The minimum atomic E-state index is -3.52. The van der Waals surface area contributed by atoms with E-state index in [1.54, 1.807) is 16.4 Å². The summed E-state index contributed by atoms with van der Waals surface area (Å²) < 4.78 is 32.2. The maximum Gasteiger partial charge on any atom is 0.245 e. The highest BCUT2D eigenvalue weighted by Gasteiger charge is 2.28. The van der Waals surface area contributed by atoms with Crippen LogP contribution in [0.3, 0.4) is 0 Å². The Morgan fingerprint density at radius 1 is 1.33 bits per heavy atom. The third-order valence-electron chi connectivity index (χ3n) is 4.22. The summed E-state index contributed by atoms with van der Waals surface area (Å²) in [6.45, 7) is 3.31. The molecule has 1 unspecified atom stereocenters. The Labute approximate surface area is 127 Å². The average molecular weight is 312 g/mol. The smallest absolute Gasteiger partial charge is 0.245 e. The predicted octanol–water partition coefficient (Wildman–Crippen LogP) is 2.48. The molecule has 21 heavy (non-hydrogen) atoms. The molecule has 1 aliphatic heterocycles. The fourth-order valence-corrected chi connectivity index (χ4v) is 4.41. The highest BCUT2D eigenvalue weighted by atomic mass is 32.2. The quantitative estimate of drug-likeness (QED) is 0.867. The fraction of sp³-hybridized carbons (Fsp3) is 0.600. The second-order valence-electron chi connectivity index (χ2n) is 5.51. The van der Waals surface area contributed by atoms with Crippen molar-refractivity contribution >= 4 is 15.7 Å². The Kier molecular flexibility index (Phi) is 5.11. The maximum atomic E-state index is 12.8. The van der Waals surface area contributed by atoms with Gasteiger partial charge in [-0.3, -0.25) is 0 Å². The predicted molar refractivity (Wildman–Crippen MR) is 83.8 cm³/mol. The number of anilines is 1. The van der Waals surface area contributed by atoms with Gasteiger partial charge in [-0.15, -0.1) is 0 Å². The molecule has 0 bridgehead atoms. The molecule has 0 aromatic heterocycles. The average Bonchev–Trinajstić information content (AvgIpc) is 2.72. The van der Waals surface area contributed by atoms with Crippen LogP contribution in [0, 0.1) is 5.92 Å². The first-order valence-electron chi connectivity index (χ1n) is 7.42. The highest BCUT2D eigenvalue weighted by Crippen LogP contribution is 2.29. The number of hydrogen-bond acceptors (Lipinski definition) is 4. The Bertz CT molecular complexity index is 587. The van der Waals surface area contributed by atoms with Crippen LogP contribution >= 0.6 is 0 Å². The lowest BCUT2D eigenvalue weighted by Crippen LogP contribution is -2.32. The van der Waals surface area contributed by atoms with E-state index in [0.29, 0.717) is 24.8 Å². The molecule has 5 nitrogen and oxygen atoms in total. The van der Waals surface area contributed by atoms with Gasteiger partial charge in [-0.25, -0.2) is 8.42 Å². The summed E-state index contributed by atoms with van der Waals surface area (Å²) in [6.07, 6.45) is 4.04. The first-order chi connectivity index (χ1) is 9.98. The van der Waals surface area contributed by atoms with Crippen molar-refractivity contribution in [2.45, 2.75) is 37.5 Å². The van der Waals surface area contributed by atoms with Crippen LogP contribution < -0.4 is 10.5 Å². The number of nitrogens with zero attached hydrogens (tertiary/aromatic N) is 1. The van der Waals surface area contributed by atoms with E-state index in [9.17, 15) is 8.42 Å². The van der Waals surface area contributed by atoms with E-state index >= 15 is 0 Å². The lowest BCUT2D eigenvalue weighted by atomic mass is 9.98. The second-order valence-corrected chi connectivity index (χ2v) is 7.42. The van der Waals surface area contributed by atoms with Crippen LogP contribution in [0.1, 0.15) is 32.6 Å². The normalized spacial score (nSPS) is 21.0. The number of nitrogen functional groups attached to an aromatic ring is 1. The molecule has 1 heterocycles. The molecule has 2 N–H and O–H groups in total. The molecule has 6 heteroatoms. The van der Waals surface area contributed by atoms with Gasteiger partial charge in [-0.2, -0.15) is 4.31 Å². The van der Waals surface area contributed by atoms with Gasteiger partial charge in [0, 0.05) is 19.2 Å². The highest BCUT2D eigenvalue weighted by molar-refractivity contribution is 7.89. The Hall–Kier alpha value is -1.27. The number of sulfonamides is 1. The summed E-state index contributed by atoms with van der Waals surface area (Å²) in [5.41, 5.74) is 6.14. The molecule has 1 fully saturated rings. The van der Waals surface area contributed by atoms with Crippen molar-refractivity contribution in [2.24, 2.45) is 5.92 Å². The largest absolute Gasteiger partial charge is 0.497 e. The zero-order valence-corrected chi connectivity index (χ0v) is 13.5. The molecule has 1 aromatic carbocycles. The van der Waals surface area contributed by atoms with Crippen LogP contribution in [0.2, 0.25) is 0 Å². The van der Waals surface area contributed by atoms with Crippen LogP contribution in [0.15, 0.2) is 23.1 Å². The summed E-state index contributed by atoms with van der Waals surface area (Å²) in [4.78, 5) is 0.179. The first-order valence-corrected chi connectivity index (χ1v) is 8.86. The van der Waals surface area contributed by atoms with E-state index in [0.717, 1.165) is 25.7 Å². The molecule has 0 spiro atoms. The lowest BCUT2D eigenvalue weighted by molar-refractivity contribution is 0.406. The van der Waals surface area contributed by atoms with E-state index < -0.39 is 10.0 Å². The molecule has 0 saturated carbocycles. The van der Waals surface area contributed by atoms with Gasteiger partial charge in [-0.1, -0.05) is 13.3 Å². The van der Waals surface area contributed by atoms with E-state index in [1.807, 2.05) is 0 Å². The molecule has 118 valence electrons. The van der Waals surface area contributed by atoms with Gasteiger partial charge in [0.05, 0.1) is 12.8 Å². The molecule has 1 aromatic rings. The minimum Gasteiger partial charge on any atom is -0.497 e. The number of methoxy groups -OCH3 is 1. The summed E-state index contributed by atoms with van der Waals surface area (Å²) in [6, 6.07) is 4.72. The first kappa shape index (κ1) is 16.1. The van der Waals surface area contributed by atoms with Gasteiger partial charge >= 0.3 is 0 Å². The van der Waals surface area contributed by atoms with Gasteiger partial charge in [0.15, 0.2) is 0 Å². The van der Waals surface area contributed by atoms with Gasteiger partial charge in [0.25, 0.3) is 0 Å². The van der Waals surface area contributed by atoms with E-state index in [2.05, 4.69) is 6.92 Å². The fourth-order valence-electron chi connectivity index (χ4n) is 2.82. The van der Waals surface area contributed by atoms with Gasteiger partial charge in [-0.05, 0) is 37.3 Å². The summed E-state index contributed by atoms with van der Waals surface area (Å²) in [5.74, 6) is 1.19. The van der Waals surface area contributed by atoms with Gasteiger partial charge < -0.3 is 10.5 Å². The Morgan fingerprint density at radius 3 is 2.71 bits per heavy atom. The third-order valence-corrected chi connectivity index (χ3v) is 6.19. The van der Waals surface area contributed by atoms with Gasteiger partial charge in [0.2, 0.25) is 10.0 Å². The topological polar surface area (TPSA) is 72.6 Å². The molecule has 0 amide bonds. The van der Waals surface area contributed by atoms with Crippen molar-refractivity contribution in [1.29, 1.82) is 0 Å². The van der Waals surface area contributed by atoms with Crippen LogP contribution in [-0.2, 0) is 10.0 Å². The van der Waals surface area contributed by atoms with Crippen LogP contribution in [0.4, 0.5) is 5.69 Å². The Morgan fingerprint density at radius 2 is 2.10 bits per heavy atom. The van der Waals surface area contributed by atoms with Crippen molar-refractivity contribution in [3.05, 3.63) is 18.2 Å². The van der Waals surface area contributed by atoms with E-state index in [-0.39, 0.29) is 10.6 Å². The number of ether oxygens (including phenoxy) is 1. The third kappa shape index (κ3) is 3.49. The van der Waals surface area contributed by atoms with E-state index in [1.165, 1.54) is 13.2 Å². The van der Waals surface area contributed by atoms with Crippen molar-refractivity contribution in [3.63, 3.8) is 0 Å². The SMILES string of the molecule is CCC1CCCN(S(=O)(=O)c2ccc(OC)cc2N)CC1. The molecule has 0 radical (unpaired) electrons. The van der Waals surface area contributed by atoms with Crippen LogP contribution in [0.5, 0.6) is 5.75 Å². The van der Waals surface area contributed by atoms with Gasteiger partial charge in [0.1, 0.15) is 10.6 Å². The second kappa shape index (κ2) is 6.66. The maximum absolute atomic E-state index is 12.8. The molecular formula is C15H24N2O3S. The number of nitrogens with two attached hydrogens (primary N) is 1. The molecule has 1 aliphatic rings. The summed E-state index contributed by atoms with van der Waals surface area (Å²) in [5, 5.41) is 0. The standard InChI is InChI=1S/C15H24N2O3S/c1-3-12-5-4-9-17(10-8-12)21(18,19)15-7-6-13(20-2)11-14(15)16/h6-7,11-12H,3-5,8-10,16H2,1-2H3. The van der Waals surface area contributed by atoms with E-state index in [4.69, 9.17) is 10.5 Å². The van der Waals surface area contributed by atoms with Crippen molar-refractivity contribution in [3.8, 4) is 5.75 Å². The number of benzene rings is 1. The Balaban J connectivity index is 2.25. The monoisotopic (exact) mass is 312 g/mol. The minimum absolute atomic E-state index is 0.179. The zero-order valence-electron chi connectivity index (χ0n) is 12.7. The molecule has 1 saturated heterocycles. The molecule has 0 aliphatic carbocycles. The lowest BCUT2D eigenvalue weighted by Gasteiger charge is -2.21. The summed E-state index contributed by atoms with van der Waals surface area (Å²) >= 11 is 0. The number of hydrogen-bond donors (Lipinski definition) is 1. The molecular weight excluding hydrogens is 288 g/mol. The van der Waals surface area contributed by atoms with Crippen molar-refractivity contribution in [1.82, 2.24) is 4.31 Å². The van der Waals surface area contributed by atoms with Crippen LogP contribution in [-0.4, -0.2) is 32.9 Å². The van der Waals surface area contributed by atoms with Crippen molar-refractivity contribution < 1.29 is 13.2 Å². The molecule has 1 atom stereocenters. The summed E-state index contributed by atoms with van der Waals surface area (Å²) in [7, 11) is -1.99. The zero-order chi connectivity index (χ0) is 15.5.